The van der Waals surface area contributed by atoms with Crippen molar-refractivity contribution in [1.29, 1.82) is 0 Å². The van der Waals surface area contributed by atoms with Crippen molar-refractivity contribution < 1.29 is 13.6 Å². The van der Waals surface area contributed by atoms with Gasteiger partial charge < -0.3 is 9.80 Å². The van der Waals surface area contributed by atoms with Gasteiger partial charge >= 0.3 is 0 Å². The molecule has 2 saturated heterocycles. The van der Waals surface area contributed by atoms with Crippen LogP contribution in [0.15, 0.2) is 24.5 Å². The van der Waals surface area contributed by atoms with Crippen molar-refractivity contribution >= 4 is 11.6 Å². The molecular formula is C20H24F2N4O. The van der Waals surface area contributed by atoms with Crippen LogP contribution in [0.1, 0.15) is 32.1 Å². The summed E-state index contributed by atoms with van der Waals surface area (Å²) in [5.41, 5.74) is 1.18. The van der Waals surface area contributed by atoms with Crippen molar-refractivity contribution in [2.45, 2.75) is 32.1 Å². The van der Waals surface area contributed by atoms with Crippen LogP contribution in [0.3, 0.4) is 0 Å². The third kappa shape index (κ3) is 3.82. The number of nitrogens with zero attached hydrogens (tertiary/aromatic N) is 3. The van der Waals surface area contributed by atoms with E-state index in [-0.39, 0.29) is 11.6 Å². The monoisotopic (exact) mass is 374 g/mol. The molecule has 0 bridgehead atoms. The van der Waals surface area contributed by atoms with Crippen molar-refractivity contribution in [1.82, 2.24) is 15.1 Å². The van der Waals surface area contributed by atoms with E-state index in [1.165, 1.54) is 12.1 Å². The highest BCUT2D eigenvalue weighted by molar-refractivity contribution is 5.76. The van der Waals surface area contributed by atoms with Gasteiger partial charge in [0.05, 0.1) is 6.20 Å². The number of carbonyl (C=O) groups is 1. The molecule has 1 N–H and O–H groups in total. The quantitative estimate of drug-likeness (QED) is 0.890. The fourth-order valence-corrected chi connectivity index (χ4v) is 4.15. The Labute approximate surface area is 157 Å². The predicted octanol–water partition coefficient (Wildman–Crippen LogP) is 3.58. The highest BCUT2D eigenvalue weighted by atomic mass is 19.1. The highest BCUT2D eigenvalue weighted by Gasteiger charge is 2.27. The summed E-state index contributed by atoms with van der Waals surface area (Å²) >= 11 is 0. The largest absolute Gasteiger partial charge is 0.367 e. The minimum atomic E-state index is -0.546. The number of hydrogen-bond acceptors (Lipinski definition) is 3. The number of aromatic nitrogens is 2. The topological polar surface area (TPSA) is 52.2 Å². The number of rotatable bonds is 4. The van der Waals surface area contributed by atoms with E-state index in [1.54, 1.807) is 17.3 Å². The second-order valence-corrected chi connectivity index (χ2v) is 7.50. The molecule has 2 fully saturated rings. The number of anilines is 1. The summed E-state index contributed by atoms with van der Waals surface area (Å²) in [5.74, 6) is -0.443. The Bertz CT molecular complexity index is 777. The Morgan fingerprint density at radius 2 is 1.81 bits per heavy atom. The molecule has 4 rings (SSSR count). The van der Waals surface area contributed by atoms with Crippen molar-refractivity contribution in [3.8, 4) is 11.1 Å². The number of nitrogens with one attached hydrogen (secondary N) is 1. The first-order chi connectivity index (χ1) is 13.1. The Morgan fingerprint density at radius 3 is 2.44 bits per heavy atom. The number of hydrogen-bond donors (Lipinski definition) is 1. The molecule has 2 aromatic rings. The maximum absolute atomic E-state index is 14.6. The molecule has 1 aromatic heterocycles. The summed E-state index contributed by atoms with van der Waals surface area (Å²) < 4.78 is 29.3. The van der Waals surface area contributed by atoms with E-state index in [0.717, 1.165) is 38.8 Å². The zero-order valence-corrected chi connectivity index (χ0v) is 15.3. The van der Waals surface area contributed by atoms with Gasteiger partial charge in [0, 0.05) is 44.4 Å². The van der Waals surface area contributed by atoms with Crippen molar-refractivity contribution in [2.24, 2.45) is 5.92 Å². The standard InChI is InChI=1S/C20H24F2N4O/c21-17-9-15(16-11-23-24-12-16)10-18(22)20(17)25-7-4-14(5-8-25)13-26-6-2-1-3-19(26)27/h9-12,14H,1-8,13H2,(H,23,24). The molecule has 0 aliphatic carbocycles. The van der Waals surface area contributed by atoms with Crippen molar-refractivity contribution in [3.63, 3.8) is 0 Å². The number of likely N-dealkylation sites (tertiary alicyclic amines) is 1. The molecule has 1 amide bonds. The molecule has 1 aromatic carbocycles. The number of benzene rings is 1. The average Bonchev–Trinajstić information content (AvgIpc) is 3.19. The third-order valence-electron chi connectivity index (χ3n) is 5.68. The van der Waals surface area contributed by atoms with Crippen LogP contribution in [0.5, 0.6) is 0 Å². The molecule has 3 heterocycles. The summed E-state index contributed by atoms with van der Waals surface area (Å²) in [6.07, 6.45) is 7.55. The molecule has 5 nitrogen and oxygen atoms in total. The molecule has 0 saturated carbocycles. The van der Waals surface area contributed by atoms with Crippen LogP contribution < -0.4 is 4.90 Å². The summed E-state index contributed by atoms with van der Waals surface area (Å²) in [6.45, 7) is 2.83. The van der Waals surface area contributed by atoms with E-state index in [0.29, 0.717) is 36.6 Å². The smallest absolute Gasteiger partial charge is 0.222 e. The van der Waals surface area contributed by atoms with Crippen LogP contribution >= 0.6 is 0 Å². The van der Waals surface area contributed by atoms with Crippen LogP contribution in [0.2, 0.25) is 0 Å². The first kappa shape index (κ1) is 17.9. The Hall–Kier alpha value is -2.44. The molecule has 27 heavy (non-hydrogen) atoms. The molecule has 0 radical (unpaired) electrons. The summed E-state index contributed by atoms with van der Waals surface area (Å²) in [6, 6.07) is 2.73. The Kier molecular flexibility index (Phi) is 5.09. The molecule has 0 atom stereocenters. The number of aromatic amines is 1. The van der Waals surface area contributed by atoms with Crippen LogP contribution in [0.25, 0.3) is 11.1 Å². The zero-order valence-electron chi connectivity index (χ0n) is 15.3. The summed E-state index contributed by atoms with van der Waals surface area (Å²) in [5, 5.41) is 6.48. The van der Waals surface area contributed by atoms with Crippen molar-refractivity contribution in [3.05, 3.63) is 36.2 Å². The first-order valence-corrected chi connectivity index (χ1v) is 9.63. The number of carbonyl (C=O) groups excluding carboxylic acids is 1. The van der Waals surface area contributed by atoms with Gasteiger partial charge in [-0.2, -0.15) is 5.10 Å². The zero-order chi connectivity index (χ0) is 18.8. The van der Waals surface area contributed by atoms with Gasteiger partial charge in [-0.25, -0.2) is 8.78 Å². The van der Waals surface area contributed by atoms with Crippen LogP contribution in [-0.4, -0.2) is 47.2 Å². The fourth-order valence-electron chi connectivity index (χ4n) is 4.15. The lowest BCUT2D eigenvalue weighted by Crippen LogP contribution is -2.43. The second kappa shape index (κ2) is 7.66. The average molecular weight is 374 g/mol. The minimum Gasteiger partial charge on any atom is -0.367 e. The number of halogens is 2. The van der Waals surface area contributed by atoms with Gasteiger partial charge in [-0.05, 0) is 49.3 Å². The van der Waals surface area contributed by atoms with Crippen molar-refractivity contribution in [2.75, 3.05) is 31.1 Å². The summed E-state index contributed by atoms with van der Waals surface area (Å²) in [4.78, 5) is 15.7. The lowest BCUT2D eigenvalue weighted by atomic mass is 9.94. The van der Waals surface area contributed by atoms with E-state index in [9.17, 15) is 13.6 Å². The number of amides is 1. The SMILES string of the molecule is O=C1CCCCN1CC1CCN(c2c(F)cc(-c3cn[nH]c3)cc2F)CC1. The fraction of sp³-hybridized carbons (Fsp3) is 0.500. The highest BCUT2D eigenvalue weighted by Crippen LogP contribution is 2.32. The van der Waals surface area contributed by atoms with E-state index in [2.05, 4.69) is 10.2 Å². The van der Waals surface area contributed by atoms with E-state index in [4.69, 9.17) is 0 Å². The molecule has 7 heteroatoms. The molecule has 144 valence electrons. The second-order valence-electron chi connectivity index (χ2n) is 7.50. The van der Waals surface area contributed by atoms with Gasteiger partial charge in [-0.1, -0.05) is 0 Å². The van der Waals surface area contributed by atoms with Gasteiger partial charge in [0.15, 0.2) is 0 Å². The maximum atomic E-state index is 14.6. The van der Waals surface area contributed by atoms with Gasteiger partial charge in [0.2, 0.25) is 5.91 Å². The molecule has 2 aliphatic heterocycles. The van der Waals surface area contributed by atoms with Crippen LogP contribution in [0, 0.1) is 17.6 Å². The normalized spacial score (nSPS) is 19.0. The van der Waals surface area contributed by atoms with Gasteiger partial charge in [0.25, 0.3) is 0 Å². The van der Waals surface area contributed by atoms with E-state index >= 15 is 0 Å². The third-order valence-corrected chi connectivity index (χ3v) is 5.68. The van der Waals surface area contributed by atoms with Gasteiger partial charge in [-0.3, -0.25) is 9.89 Å². The lowest BCUT2D eigenvalue weighted by Gasteiger charge is -2.37. The lowest BCUT2D eigenvalue weighted by molar-refractivity contribution is -0.134. The number of piperidine rings is 2. The molecule has 0 unspecified atom stereocenters. The minimum absolute atomic E-state index is 0.0507. The maximum Gasteiger partial charge on any atom is 0.222 e. The molecule has 2 aliphatic rings. The number of H-pyrrole nitrogens is 1. The molecule has 0 spiro atoms. The summed E-state index contributed by atoms with van der Waals surface area (Å²) in [7, 11) is 0. The van der Waals surface area contributed by atoms with Crippen LogP contribution in [-0.2, 0) is 4.79 Å². The molecular weight excluding hydrogens is 350 g/mol. The van der Waals surface area contributed by atoms with Gasteiger partial charge in [0.1, 0.15) is 17.3 Å². The Balaban J connectivity index is 1.41. The van der Waals surface area contributed by atoms with Crippen LogP contribution in [0.4, 0.5) is 14.5 Å². The first-order valence-electron chi connectivity index (χ1n) is 9.63. The van der Waals surface area contributed by atoms with Gasteiger partial charge in [-0.15, -0.1) is 0 Å². The van der Waals surface area contributed by atoms with E-state index < -0.39 is 11.6 Å². The predicted molar refractivity (Wildman–Crippen MR) is 99.3 cm³/mol. The Morgan fingerprint density at radius 1 is 1.07 bits per heavy atom. The van der Waals surface area contributed by atoms with E-state index in [1.807, 2.05) is 4.90 Å².